The Labute approximate surface area is 88.3 Å². The molecular formula is C12H12O3. The molecule has 0 fully saturated rings. The van der Waals surface area contributed by atoms with Crippen LogP contribution in [-0.4, -0.2) is 11.1 Å². The van der Waals surface area contributed by atoms with E-state index < -0.39 is 5.97 Å². The maximum atomic E-state index is 11.3. The molecule has 1 rings (SSSR count). The van der Waals surface area contributed by atoms with Crippen molar-refractivity contribution in [3.63, 3.8) is 0 Å². The third kappa shape index (κ3) is 2.47. The smallest absolute Gasteiger partial charge is 0.338 e. The van der Waals surface area contributed by atoms with Crippen LogP contribution in [0.25, 0.3) is 6.08 Å². The average Bonchev–Trinajstić information content (AvgIpc) is 2.18. The van der Waals surface area contributed by atoms with Crippen LogP contribution >= 0.6 is 0 Å². The van der Waals surface area contributed by atoms with Gasteiger partial charge >= 0.3 is 5.97 Å². The number of rotatable bonds is 3. The molecule has 0 atom stereocenters. The lowest BCUT2D eigenvalue weighted by Crippen LogP contribution is -2.08. The van der Waals surface area contributed by atoms with Crippen LogP contribution in [-0.2, 0) is 4.79 Å². The number of carbonyl (C=O) groups is 1. The van der Waals surface area contributed by atoms with Crippen molar-refractivity contribution in [1.29, 1.82) is 0 Å². The summed E-state index contributed by atoms with van der Waals surface area (Å²) in [5, 5.41) is 9.46. The van der Waals surface area contributed by atoms with Crippen LogP contribution in [0.2, 0.25) is 0 Å². The minimum Gasteiger partial charge on any atom is -0.507 e. The highest BCUT2D eigenvalue weighted by Gasteiger charge is 2.10. The van der Waals surface area contributed by atoms with Gasteiger partial charge in [-0.05, 0) is 19.1 Å². The Morgan fingerprint density at radius 1 is 1.53 bits per heavy atom. The normalized spacial score (nSPS) is 9.40. The van der Waals surface area contributed by atoms with Crippen molar-refractivity contribution in [2.24, 2.45) is 0 Å². The van der Waals surface area contributed by atoms with E-state index >= 15 is 0 Å². The van der Waals surface area contributed by atoms with Crippen molar-refractivity contribution < 1.29 is 14.6 Å². The molecule has 0 aromatic heterocycles. The van der Waals surface area contributed by atoms with Crippen LogP contribution in [0.15, 0.2) is 36.9 Å². The molecule has 0 spiro atoms. The SMILES string of the molecule is C=Cc1c(O)cccc1OC(=O)C(=C)C. The summed E-state index contributed by atoms with van der Waals surface area (Å²) in [5.41, 5.74) is 0.695. The van der Waals surface area contributed by atoms with Gasteiger partial charge in [-0.25, -0.2) is 4.79 Å². The zero-order valence-electron chi connectivity index (χ0n) is 8.49. The summed E-state index contributed by atoms with van der Waals surface area (Å²) in [6.45, 7) is 8.55. The van der Waals surface area contributed by atoms with Crippen molar-refractivity contribution in [1.82, 2.24) is 0 Å². The molecule has 0 saturated carbocycles. The van der Waals surface area contributed by atoms with Crippen molar-refractivity contribution in [3.8, 4) is 11.5 Å². The molecule has 78 valence electrons. The zero-order valence-corrected chi connectivity index (χ0v) is 8.49. The Balaban J connectivity index is 3.04. The van der Waals surface area contributed by atoms with E-state index in [1.807, 2.05) is 0 Å². The van der Waals surface area contributed by atoms with Gasteiger partial charge in [0.15, 0.2) is 0 Å². The molecule has 0 aliphatic carbocycles. The highest BCUT2D eigenvalue weighted by molar-refractivity contribution is 5.89. The Kier molecular flexibility index (Phi) is 3.29. The van der Waals surface area contributed by atoms with E-state index in [0.717, 1.165) is 0 Å². The molecule has 0 radical (unpaired) electrons. The third-order valence-electron chi connectivity index (χ3n) is 1.80. The van der Waals surface area contributed by atoms with Crippen molar-refractivity contribution >= 4 is 12.0 Å². The molecule has 0 bridgehead atoms. The largest absolute Gasteiger partial charge is 0.507 e. The van der Waals surface area contributed by atoms with Crippen LogP contribution in [0.4, 0.5) is 0 Å². The van der Waals surface area contributed by atoms with E-state index in [9.17, 15) is 9.90 Å². The Hall–Kier alpha value is -2.03. The first kappa shape index (κ1) is 11.0. The minimum atomic E-state index is -0.524. The van der Waals surface area contributed by atoms with Crippen LogP contribution in [0.5, 0.6) is 11.5 Å². The fraction of sp³-hybridized carbons (Fsp3) is 0.0833. The first-order valence-corrected chi connectivity index (χ1v) is 4.38. The third-order valence-corrected chi connectivity index (χ3v) is 1.80. The number of phenolic OH excluding ortho intramolecular Hbond substituents is 1. The lowest BCUT2D eigenvalue weighted by molar-refractivity contribution is -0.130. The van der Waals surface area contributed by atoms with Crippen LogP contribution in [0, 0.1) is 0 Å². The second-order valence-electron chi connectivity index (χ2n) is 3.06. The molecular weight excluding hydrogens is 192 g/mol. The summed E-state index contributed by atoms with van der Waals surface area (Å²) in [6, 6.07) is 4.66. The van der Waals surface area contributed by atoms with E-state index in [4.69, 9.17) is 4.74 Å². The average molecular weight is 204 g/mol. The maximum Gasteiger partial charge on any atom is 0.338 e. The number of carbonyl (C=O) groups excluding carboxylic acids is 1. The summed E-state index contributed by atoms with van der Waals surface area (Å²) in [4.78, 5) is 11.3. The lowest BCUT2D eigenvalue weighted by Gasteiger charge is -2.08. The van der Waals surface area contributed by atoms with Gasteiger partial charge in [-0.1, -0.05) is 25.3 Å². The molecule has 15 heavy (non-hydrogen) atoms. The molecule has 0 amide bonds. The van der Waals surface area contributed by atoms with Gasteiger partial charge in [0, 0.05) is 5.57 Å². The van der Waals surface area contributed by atoms with Gasteiger partial charge in [-0.2, -0.15) is 0 Å². The zero-order chi connectivity index (χ0) is 11.4. The standard InChI is InChI=1S/C12H12O3/c1-4-9-10(13)6-5-7-11(9)15-12(14)8(2)3/h4-7,13H,1-2H2,3H3. The summed E-state index contributed by atoms with van der Waals surface area (Å²) in [5.74, 6) is -0.223. The molecule has 0 unspecified atom stereocenters. The molecule has 1 aromatic rings. The van der Waals surface area contributed by atoms with Crippen molar-refractivity contribution in [2.45, 2.75) is 6.92 Å². The number of esters is 1. The Morgan fingerprint density at radius 2 is 2.20 bits per heavy atom. The second-order valence-corrected chi connectivity index (χ2v) is 3.06. The van der Waals surface area contributed by atoms with Crippen LogP contribution in [0.1, 0.15) is 12.5 Å². The molecule has 0 heterocycles. The topological polar surface area (TPSA) is 46.5 Å². The van der Waals surface area contributed by atoms with E-state index in [2.05, 4.69) is 13.2 Å². The van der Waals surface area contributed by atoms with E-state index in [-0.39, 0.29) is 11.5 Å². The van der Waals surface area contributed by atoms with Gasteiger partial charge in [0.25, 0.3) is 0 Å². The van der Waals surface area contributed by atoms with Crippen molar-refractivity contribution in [2.75, 3.05) is 0 Å². The van der Waals surface area contributed by atoms with E-state index in [0.29, 0.717) is 11.1 Å². The molecule has 1 N–H and O–H groups in total. The fourth-order valence-electron chi connectivity index (χ4n) is 1.01. The van der Waals surface area contributed by atoms with Gasteiger partial charge < -0.3 is 9.84 Å². The van der Waals surface area contributed by atoms with E-state index in [1.165, 1.54) is 12.1 Å². The first-order valence-electron chi connectivity index (χ1n) is 4.38. The van der Waals surface area contributed by atoms with E-state index in [1.54, 1.807) is 19.1 Å². The lowest BCUT2D eigenvalue weighted by atomic mass is 10.2. The number of aromatic hydroxyl groups is 1. The Bertz CT molecular complexity index is 419. The number of hydrogen-bond donors (Lipinski definition) is 1. The van der Waals surface area contributed by atoms with Crippen molar-refractivity contribution in [3.05, 3.63) is 42.5 Å². The predicted molar refractivity (Wildman–Crippen MR) is 58.6 cm³/mol. The minimum absolute atomic E-state index is 0.0250. The van der Waals surface area contributed by atoms with Gasteiger partial charge in [-0.3, -0.25) is 0 Å². The molecule has 0 aliphatic rings. The maximum absolute atomic E-state index is 11.3. The Morgan fingerprint density at radius 3 is 2.73 bits per heavy atom. The first-order chi connectivity index (χ1) is 7.06. The number of benzene rings is 1. The summed E-state index contributed by atoms with van der Waals surface area (Å²) in [6.07, 6.45) is 1.43. The quantitative estimate of drug-likeness (QED) is 0.467. The van der Waals surface area contributed by atoms with Gasteiger partial charge in [0.05, 0.1) is 5.56 Å². The fourth-order valence-corrected chi connectivity index (χ4v) is 1.01. The molecule has 3 nitrogen and oxygen atoms in total. The predicted octanol–water partition coefficient (Wildman–Crippen LogP) is 2.52. The molecule has 0 aliphatic heterocycles. The molecule has 3 heteroatoms. The second kappa shape index (κ2) is 4.46. The summed E-state index contributed by atoms with van der Waals surface area (Å²) in [7, 11) is 0. The number of ether oxygens (including phenoxy) is 1. The molecule has 1 aromatic carbocycles. The molecule has 0 saturated heterocycles. The van der Waals surface area contributed by atoms with Gasteiger partial charge in [0.1, 0.15) is 11.5 Å². The number of phenols is 1. The summed E-state index contributed by atoms with van der Waals surface area (Å²) >= 11 is 0. The van der Waals surface area contributed by atoms with Crippen LogP contribution < -0.4 is 4.74 Å². The highest BCUT2D eigenvalue weighted by atomic mass is 16.5. The van der Waals surface area contributed by atoms with Gasteiger partial charge in [-0.15, -0.1) is 0 Å². The number of hydrogen-bond acceptors (Lipinski definition) is 3. The van der Waals surface area contributed by atoms with Gasteiger partial charge in [0.2, 0.25) is 0 Å². The van der Waals surface area contributed by atoms with Crippen LogP contribution in [0.3, 0.4) is 0 Å². The monoisotopic (exact) mass is 204 g/mol. The highest BCUT2D eigenvalue weighted by Crippen LogP contribution is 2.28. The summed E-state index contributed by atoms with van der Waals surface area (Å²) < 4.78 is 5.01.